The molecule has 0 unspecified atom stereocenters. The molecule has 0 spiro atoms. The molecule has 0 aromatic carbocycles. The van der Waals surface area contributed by atoms with E-state index in [0.29, 0.717) is 13.2 Å². The molecular weight excluding hydrogens is 146 g/mol. The zero-order valence-electron chi connectivity index (χ0n) is 6.35. The van der Waals surface area contributed by atoms with Crippen LogP contribution in [0.25, 0.3) is 0 Å². The Balaban J connectivity index is 2.65. The molecule has 56 valence electrons. The number of likely N-dealkylation sites (N-methyl/N-ethyl adjacent to an activating group) is 1. The van der Waals surface area contributed by atoms with E-state index >= 15 is 0 Å². The van der Waals surface area contributed by atoms with Gasteiger partial charge in [-0.25, -0.2) is 0 Å². The van der Waals surface area contributed by atoms with Crippen molar-refractivity contribution < 1.29 is 9.16 Å². The Hall–Kier alpha value is 0.0969. The van der Waals surface area contributed by atoms with E-state index in [-0.39, 0.29) is 0 Å². The van der Waals surface area contributed by atoms with Gasteiger partial charge in [0, 0.05) is 0 Å². The van der Waals surface area contributed by atoms with Crippen molar-refractivity contribution in [1.82, 2.24) is 5.32 Å². The molecule has 0 heterocycles. The summed E-state index contributed by atoms with van der Waals surface area (Å²) in [6.07, 6.45) is 0. The molecule has 0 aliphatic heterocycles. The molecule has 0 aromatic rings. The topological polar surface area (TPSA) is 30.5 Å². The van der Waals surface area contributed by atoms with Crippen molar-refractivity contribution in [3.8, 4) is 0 Å². The quantitative estimate of drug-likeness (QED) is 0.410. The maximum absolute atomic E-state index is 5.16. The molecule has 0 radical (unpaired) electrons. The summed E-state index contributed by atoms with van der Waals surface area (Å²) in [6, 6.07) is 0. The molecule has 0 atom stereocenters. The van der Waals surface area contributed by atoms with E-state index in [1.165, 1.54) is 0 Å². The van der Waals surface area contributed by atoms with Crippen LogP contribution in [0.15, 0.2) is 0 Å². The molecule has 0 aliphatic carbocycles. The van der Waals surface area contributed by atoms with Crippen LogP contribution in [0.2, 0.25) is 0 Å². The van der Waals surface area contributed by atoms with Crippen LogP contribution in [0, 0.1) is 0 Å². The normalized spacial score (nSPS) is 10.3. The van der Waals surface area contributed by atoms with Crippen molar-refractivity contribution in [2.24, 2.45) is 0 Å². The van der Waals surface area contributed by atoms with Gasteiger partial charge in [0.15, 0.2) is 0 Å². The van der Waals surface area contributed by atoms with Crippen molar-refractivity contribution in [2.45, 2.75) is 6.92 Å². The van der Waals surface area contributed by atoms with E-state index in [9.17, 15) is 0 Å². The summed E-state index contributed by atoms with van der Waals surface area (Å²) < 4.78 is 9.77. The van der Waals surface area contributed by atoms with Crippen molar-refractivity contribution >= 4 is 10.5 Å². The molecule has 1 N–H and O–H groups in total. The first-order valence-corrected chi connectivity index (χ1v) is 3.89. The van der Waals surface area contributed by atoms with Crippen LogP contribution in [-0.2, 0) is 9.16 Å². The Bertz CT molecular complexity index is 55.7. The molecule has 0 amide bonds. The maximum atomic E-state index is 5.16. The number of nitrogens with one attached hydrogen (secondary N) is 1. The number of ether oxygens (including phenoxy) is 1. The second-order valence-electron chi connectivity index (χ2n) is 1.81. The number of hydrogen-bond donors (Lipinski definition) is 1. The third-order valence-corrected chi connectivity index (χ3v) is 1.21. The fraction of sp³-hybridized carbons (Fsp3) is 1.00. The summed E-state index contributed by atoms with van der Waals surface area (Å²) in [4.78, 5) is 0. The molecule has 0 bridgehead atoms. The van der Waals surface area contributed by atoms with Crippen molar-refractivity contribution in [1.29, 1.82) is 0 Å². The van der Waals surface area contributed by atoms with Crippen LogP contribution in [0.1, 0.15) is 6.92 Å². The zero-order valence-corrected chi connectivity index (χ0v) is 7.35. The van der Waals surface area contributed by atoms with Crippen LogP contribution >= 0.6 is 0 Å². The van der Waals surface area contributed by atoms with Crippen LogP contribution in [0.5, 0.6) is 0 Å². The van der Waals surface area contributed by atoms with Gasteiger partial charge in [-0.2, -0.15) is 0 Å². The summed E-state index contributed by atoms with van der Waals surface area (Å²) >= 11 is 0. The van der Waals surface area contributed by atoms with E-state index in [1.807, 2.05) is 0 Å². The third-order valence-electron chi connectivity index (χ3n) is 1.00. The predicted molar refractivity (Wildman–Crippen MR) is 41.1 cm³/mol. The van der Waals surface area contributed by atoms with Crippen LogP contribution in [-0.4, -0.2) is 43.4 Å². The van der Waals surface area contributed by atoms with Gasteiger partial charge in [-0.1, -0.05) is 0 Å². The van der Waals surface area contributed by atoms with Crippen molar-refractivity contribution in [3.63, 3.8) is 0 Å². The molecule has 0 rings (SSSR count). The van der Waals surface area contributed by atoms with E-state index in [2.05, 4.69) is 27.2 Å². The van der Waals surface area contributed by atoms with Crippen LogP contribution < -0.4 is 5.32 Å². The second kappa shape index (κ2) is 9.10. The molecule has 0 saturated carbocycles. The van der Waals surface area contributed by atoms with Crippen LogP contribution in [0.3, 0.4) is 0 Å². The van der Waals surface area contributed by atoms with Gasteiger partial charge in [-0.3, -0.25) is 0 Å². The van der Waals surface area contributed by atoms with Crippen molar-refractivity contribution in [3.05, 3.63) is 0 Å². The summed E-state index contributed by atoms with van der Waals surface area (Å²) in [7, 11) is 2.88. The van der Waals surface area contributed by atoms with Gasteiger partial charge in [-0.15, -0.1) is 0 Å². The summed E-state index contributed by atoms with van der Waals surface area (Å²) in [6.45, 7) is 5.98. The Labute approximate surface area is 65.6 Å². The van der Waals surface area contributed by atoms with Gasteiger partial charge in [0.2, 0.25) is 0 Å². The Morgan fingerprint density at radius 3 is 2.70 bits per heavy atom. The van der Waals surface area contributed by atoms with Gasteiger partial charge in [0.1, 0.15) is 0 Å². The Kier molecular flexibility index (Phi) is 9.19. The van der Waals surface area contributed by atoms with Gasteiger partial charge in [-0.05, 0) is 0 Å². The van der Waals surface area contributed by atoms with Crippen LogP contribution in [0.4, 0.5) is 0 Å². The zero-order chi connectivity index (χ0) is 7.66. The fourth-order valence-electron chi connectivity index (χ4n) is 0.524. The van der Waals surface area contributed by atoms with E-state index in [4.69, 9.17) is 4.74 Å². The third kappa shape index (κ3) is 8.10. The average Bonchev–Trinajstić information content (AvgIpc) is 1.97. The van der Waals surface area contributed by atoms with E-state index in [0.717, 1.165) is 19.7 Å². The molecule has 10 heavy (non-hydrogen) atoms. The first-order valence-electron chi connectivity index (χ1n) is 3.48. The summed E-state index contributed by atoms with van der Waals surface area (Å²) in [5, 5.41) is 3.15. The molecule has 0 aliphatic rings. The first kappa shape index (κ1) is 10.1. The molecule has 4 heteroatoms. The SMILES string of the molecule is CCNCCOCCO[Si+3]. The van der Waals surface area contributed by atoms with Gasteiger partial charge in [0.05, 0.1) is 0 Å². The fourth-order valence-corrected chi connectivity index (χ4v) is 0.607. The second-order valence-corrected chi connectivity index (χ2v) is 2.10. The average molecular weight is 160 g/mol. The van der Waals surface area contributed by atoms with Crippen molar-refractivity contribution in [2.75, 3.05) is 32.9 Å². The minimum absolute atomic E-state index is 0.600. The van der Waals surface area contributed by atoms with Gasteiger partial charge >= 0.3 is 64.8 Å². The first-order chi connectivity index (χ1) is 4.91. The Morgan fingerprint density at radius 1 is 1.30 bits per heavy atom. The molecule has 0 fully saturated rings. The minimum atomic E-state index is 0.600. The summed E-state index contributed by atoms with van der Waals surface area (Å²) in [5.41, 5.74) is 0. The van der Waals surface area contributed by atoms with Gasteiger partial charge in [0.25, 0.3) is 0 Å². The predicted octanol–water partition coefficient (Wildman–Crippen LogP) is -0.287. The molecule has 0 aromatic heterocycles. The van der Waals surface area contributed by atoms with E-state index < -0.39 is 0 Å². The van der Waals surface area contributed by atoms with Gasteiger partial charge < -0.3 is 0 Å². The molecular formula is C6H14NO2Si+3. The monoisotopic (exact) mass is 160 g/mol. The Morgan fingerprint density at radius 2 is 2.10 bits per heavy atom. The summed E-state index contributed by atoms with van der Waals surface area (Å²) in [5.74, 6) is 0. The molecule has 3 nitrogen and oxygen atoms in total. The standard InChI is InChI=1S/C6H14NO2Si/c1-2-7-3-4-8-5-6-9-10/h7H,2-6H2,1H3/q+3. The number of hydrogen-bond acceptors (Lipinski definition) is 3. The van der Waals surface area contributed by atoms with E-state index in [1.54, 1.807) is 0 Å². The number of rotatable bonds is 7. The molecule has 0 saturated heterocycles.